The average molecular weight is 362 g/mol. The number of nitrogens with two attached hydrogens (primary N) is 1. The summed E-state index contributed by atoms with van der Waals surface area (Å²) in [6, 6.07) is 7.61. The van der Waals surface area contributed by atoms with E-state index in [1.807, 2.05) is 31.2 Å². The van der Waals surface area contributed by atoms with Gasteiger partial charge in [0.05, 0.1) is 17.9 Å². The molecule has 1 amide bonds. The van der Waals surface area contributed by atoms with Crippen LogP contribution < -0.4 is 11.1 Å². The molecule has 1 aliphatic heterocycles. The number of hydrogen-bond acceptors (Lipinski definition) is 6. The maximum atomic E-state index is 12.2. The van der Waals surface area contributed by atoms with E-state index < -0.39 is 0 Å². The number of halogens is 1. The lowest BCUT2D eigenvalue weighted by Crippen LogP contribution is -2.28. The maximum Gasteiger partial charge on any atom is 0.275 e. The fraction of sp³-hybridized carbons (Fsp3) is 0.250. The summed E-state index contributed by atoms with van der Waals surface area (Å²) in [6.07, 6.45) is 3.57. The molecule has 2 aromatic rings. The van der Waals surface area contributed by atoms with Gasteiger partial charge in [-0.1, -0.05) is 35.5 Å². The van der Waals surface area contributed by atoms with Crippen molar-refractivity contribution in [3.8, 4) is 0 Å². The van der Waals surface area contributed by atoms with Crippen molar-refractivity contribution in [2.45, 2.75) is 18.9 Å². The molecule has 124 valence electrons. The fourth-order valence-electron chi connectivity index (χ4n) is 2.45. The number of thioether (sulfide) groups is 1. The summed E-state index contributed by atoms with van der Waals surface area (Å²) in [6.45, 7) is 2.05. The van der Waals surface area contributed by atoms with Gasteiger partial charge in [0.2, 0.25) is 0 Å². The molecule has 0 saturated heterocycles. The Kier molecular flexibility index (Phi) is 4.73. The number of anilines is 1. The molecule has 0 aliphatic carbocycles. The van der Waals surface area contributed by atoms with E-state index in [1.165, 1.54) is 12.4 Å². The number of carbonyl (C=O) groups excluding carboxylic acids is 1. The average Bonchev–Trinajstić information content (AvgIpc) is 2.55. The molecule has 8 heteroatoms. The van der Waals surface area contributed by atoms with Gasteiger partial charge in [0.15, 0.2) is 5.17 Å². The van der Waals surface area contributed by atoms with Crippen molar-refractivity contribution in [2.24, 2.45) is 10.7 Å². The molecule has 1 aromatic heterocycles. The van der Waals surface area contributed by atoms with E-state index in [0.29, 0.717) is 10.9 Å². The predicted octanol–water partition coefficient (Wildman–Crippen LogP) is 3.05. The van der Waals surface area contributed by atoms with Gasteiger partial charge in [-0.15, -0.1) is 0 Å². The Morgan fingerprint density at radius 2 is 2.21 bits per heavy atom. The maximum absolute atomic E-state index is 12.2. The zero-order valence-corrected chi connectivity index (χ0v) is 14.6. The molecular weight excluding hydrogens is 346 g/mol. The van der Waals surface area contributed by atoms with E-state index in [9.17, 15) is 4.79 Å². The zero-order valence-electron chi connectivity index (χ0n) is 13.0. The fourth-order valence-corrected chi connectivity index (χ4v) is 3.52. The van der Waals surface area contributed by atoms with E-state index in [2.05, 4.69) is 20.3 Å². The molecule has 0 bridgehead atoms. The standard InChI is InChI=1S/C16H16ClN5OS/c1-16(5-6-24-15(18)22-16)10-3-2-4-11(7-10)21-14(23)12-8-20-13(17)9-19-12/h2-4,7-9H,5-6H2,1H3,(H2,18,22)(H,21,23)/t16-/m0/s1. The molecule has 2 heterocycles. The predicted molar refractivity (Wildman–Crippen MR) is 97.5 cm³/mol. The normalized spacial score (nSPS) is 20.3. The monoisotopic (exact) mass is 361 g/mol. The Morgan fingerprint density at radius 1 is 1.38 bits per heavy atom. The first-order valence-electron chi connectivity index (χ1n) is 7.34. The van der Waals surface area contributed by atoms with Crippen LogP contribution in [0.4, 0.5) is 5.69 Å². The highest BCUT2D eigenvalue weighted by Crippen LogP contribution is 2.35. The van der Waals surface area contributed by atoms with Gasteiger partial charge in [0.25, 0.3) is 5.91 Å². The van der Waals surface area contributed by atoms with E-state index in [0.717, 1.165) is 17.7 Å². The number of amides is 1. The Labute approximate surface area is 148 Å². The SMILES string of the molecule is C[C@@]1(c2cccc(NC(=O)c3cnc(Cl)cn3)c2)CCSC(N)=N1. The van der Waals surface area contributed by atoms with Crippen molar-refractivity contribution in [3.05, 3.63) is 53.1 Å². The number of hydrogen-bond donors (Lipinski definition) is 2. The van der Waals surface area contributed by atoms with Crippen molar-refractivity contribution < 1.29 is 4.79 Å². The summed E-state index contributed by atoms with van der Waals surface area (Å²) in [7, 11) is 0. The summed E-state index contributed by atoms with van der Waals surface area (Å²) in [5, 5.41) is 3.65. The largest absolute Gasteiger partial charge is 0.379 e. The lowest BCUT2D eigenvalue weighted by molar-refractivity contribution is 0.102. The lowest BCUT2D eigenvalue weighted by Gasteiger charge is -2.30. The summed E-state index contributed by atoms with van der Waals surface area (Å²) < 4.78 is 0. The summed E-state index contributed by atoms with van der Waals surface area (Å²) in [5.41, 5.74) is 7.37. The second-order valence-electron chi connectivity index (χ2n) is 5.58. The quantitative estimate of drug-likeness (QED) is 0.876. The molecule has 24 heavy (non-hydrogen) atoms. The molecule has 1 aliphatic rings. The summed E-state index contributed by atoms with van der Waals surface area (Å²) in [5.74, 6) is 0.576. The van der Waals surface area contributed by atoms with Crippen LogP contribution in [-0.4, -0.2) is 26.8 Å². The van der Waals surface area contributed by atoms with Gasteiger partial charge in [-0.25, -0.2) is 9.97 Å². The van der Waals surface area contributed by atoms with E-state index in [1.54, 1.807) is 11.8 Å². The van der Waals surface area contributed by atoms with Crippen LogP contribution in [0.2, 0.25) is 5.15 Å². The second-order valence-corrected chi connectivity index (χ2v) is 7.08. The van der Waals surface area contributed by atoms with E-state index in [-0.39, 0.29) is 22.3 Å². The van der Waals surface area contributed by atoms with Crippen LogP contribution in [0.5, 0.6) is 0 Å². The number of nitrogens with zero attached hydrogens (tertiary/aromatic N) is 3. The molecule has 3 rings (SSSR count). The minimum atomic E-state index is -0.379. The highest BCUT2D eigenvalue weighted by atomic mass is 35.5. The van der Waals surface area contributed by atoms with Crippen LogP contribution >= 0.6 is 23.4 Å². The highest BCUT2D eigenvalue weighted by molar-refractivity contribution is 8.13. The molecular formula is C16H16ClN5OS. The first-order valence-corrected chi connectivity index (χ1v) is 8.70. The number of rotatable bonds is 3. The third-order valence-electron chi connectivity index (χ3n) is 3.79. The number of carbonyl (C=O) groups is 1. The zero-order chi connectivity index (χ0) is 17.2. The molecule has 1 aromatic carbocycles. The van der Waals surface area contributed by atoms with Crippen LogP contribution in [0.3, 0.4) is 0 Å². The number of aliphatic imine (C=N–C) groups is 1. The van der Waals surface area contributed by atoms with Gasteiger partial charge in [-0.2, -0.15) is 0 Å². The number of aromatic nitrogens is 2. The van der Waals surface area contributed by atoms with Gasteiger partial charge in [-0.05, 0) is 31.0 Å². The van der Waals surface area contributed by atoms with Crippen LogP contribution in [0.25, 0.3) is 0 Å². The van der Waals surface area contributed by atoms with Crippen molar-refractivity contribution in [1.82, 2.24) is 9.97 Å². The van der Waals surface area contributed by atoms with Crippen molar-refractivity contribution in [2.75, 3.05) is 11.1 Å². The van der Waals surface area contributed by atoms with Crippen LogP contribution in [-0.2, 0) is 5.54 Å². The summed E-state index contributed by atoms with van der Waals surface area (Å²) in [4.78, 5) is 24.6. The van der Waals surface area contributed by atoms with Gasteiger partial charge in [-0.3, -0.25) is 9.79 Å². The Hall–Kier alpha value is -2.12. The molecule has 6 nitrogen and oxygen atoms in total. The van der Waals surface area contributed by atoms with Crippen molar-refractivity contribution >= 4 is 40.1 Å². The Morgan fingerprint density at radius 3 is 2.92 bits per heavy atom. The lowest BCUT2D eigenvalue weighted by atomic mass is 9.89. The third kappa shape index (κ3) is 3.68. The second kappa shape index (κ2) is 6.78. The van der Waals surface area contributed by atoms with Crippen LogP contribution in [0, 0.1) is 0 Å². The molecule has 0 unspecified atom stereocenters. The molecule has 0 spiro atoms. The van der Waals surface area contributed by atoms with Crippen LogP contribution in [0.15, 0.2) is 41.7 Å². The minimum Gasteiger partial charge on any atom is -0.379 e. The molecule has 1 atom stereocenters. The number of nitrogens with one attached hydrogen (secondary N) is 1. The van der Waals surface area contributed by atoms with Crippen molar-refractivity contribution in [1.29, 1.82) is 0 Å². The number of benzene rings is 1. The highest BCUT2D eigenvalue weighted by Gasteiger charge is 2.29. The van der Waals surface area contributed by atoms with Gasteiger partial charge >= 0.3 is 0 Å². The molecule has 0 radical (unpaired) electrons. The van der Waals surface area contributed by atoms with Gasteiger partial charge in [0.1, 0.15) is 10.8 Å². The first-order chi connectivity index (χ1) is 11.5. The Balaban J connectivity index is 1.82. The van der Waals surface area contributed by atoms with Gasteiger partial charge < -0.3 is 11.1 Å². The van der Waals surface area contributed by atoms with Crippen LogP contribution in [0.1, 0.15) is 29.4 Å². The first kappa shape index (κ1) is 16.7. The van der Waals surface area contributed by atoms with Crippen molar-refractivity contribution in [3.63, 3.8) is 0 Å². The topological polar surface area (TPSA) is 93.3 Å². The van der Waals surface area contributed by atoms with Gasteiger partial charge in [0, 0.05) is 11.4 Å². The van der Waals surface area contributed by atoms with E-state index >= 15 is 0 Å². The molecule has 0 fully saturated rings. The Bertz CT molecular complexity index is 795. The smallest absolute Gasteiger partial charge is 0.275 e. The number of amidine groups is 1. The summed E-state index contributed by atoms with van der Waals surface area (Å²) >= 11 is 7.24. The minimum absolute atomic E-state index is 0.201. The third-order valence-corrected chi connectivity index (χ3v) is 4.78. The molecule has 0 saturated carbocycles. The van der Waals surface area contributed by atoms with E-state index in [4.69, 9.17) is 17.3 Å². The molecule has 3 N–H and O–H groups in total.